The van der Waals surface area contributed by atoms with E-state index in [0.717, 1.165) is 22.5 Å². The van der Waals surface area contributed by atoms with Gasteiger partial charge in [-0.2, -0.15) is 4.31 Å². The molecule has 1 aromatic rings. The van der Waals surface area contributed by atoms with Crippen molar-refractivity contribution in [2.75, 3.05) is 13.6 Å². The highest BCUT2D eigenvalue weighted by atomic mass is 32.2. The van der Waals surface area contributed by atoms with Gasteiger partial charge in [-0.15, -0.1) is 0 Å². The van der Waals surface area contributed by atoms with Crippen molar-refractivity contribution in [2.45, 2.75) is 11.8 Å². The number of sulfonamides is 1. The molecule has 104 valence electrons. The molecule has 7 heteroatoms. The van der Waals surface area contributed by atoms with Crippen LogP contribution in [0.4, 0.5) is 4.39 Å². The van der Waals surface area contributed by atoms with Crippen LogP contribution in [-0.4, -0.2) is 37.4 Å². The van der Waals surface area contributed by atoms with E-state index in [1.165, 1.54) is 7.05 Å². The standard InChI is InChI=1S/C12H14FNO4S/c1-8(2)7-14(3)19(17,18)9-4-5-11(13)10(6-9)12(15)16/h4-6H,1,7H2,2-3H3,(H,15,16). The van der Waals surface area contributed by atoms with Crippen molar-refractivity contribution < 1.29 is 22.7 Å². The topological polar surface area (TPSA) is 74.7 Å². The second-order valence-corrected chi connectivity index (χ2v) is 6.21. The lowest BCUT2D eigenvalue weighted by Gasteiger charge is -2.17. The number of nitrogens with zero attached hydrogens (tertiary/aromatic N) is 1. The van der Waals surface area contributed by atoms with Crippen molar-refractivity contribution in [3.8, 4) is 0 Å². The molecule has 1 aromatic carbocycles. The molecule has 0 aromatic heterocycles. The van der Waals surface area contributed by atoms with Gasteiger partial charge in [0.1, 0.15) is 5.82 Å². The van der Waals surface area contributed by atoms with Gasteiger partial charge in [0.2, 0.25) is 10.0 Å². The van der Waals surface area contributed by atoms with E-state index in [1.54, 1.807) is 6.92 Å². The van der Waals surface area contributed by atoms with Gasteiger partial charge < -0.3 is 5.11 Å². The molecular weight excluding hydrogens is 273 g/mol. The van der Waals surface area contributed by atoms with Gasteiger partial charge in [-0.25, -0.2) is 17.6 Å². The van der Waals surface area contributed by atoms with E-state index in [9.17, 15) is 17.6 Å². The zero-order valence-electron chi connectivity index (χ0n) is 10.6. The third-order valence-electron chi connectivity index (χ3n) is 2.37. The summed E-state index contributed by atoms with van der Waals surface area (Å²) in [5.41, 5.74) is -0.0450. The molecule has 0 aliphatic rings. The fraction of sp³-hybridized carbons (Fsp3) is 0.250. The Kier molecular flexibility index (Phi) is 4.43. The Morgan fingerprint density at radius 2 is 2.05 bits per heavy atom. The number of carboxylic acids is 1. The Balaban J connectivity index is 3.26. The number of hydrogen-bond acceptors (Lipinski definition) is 3. The van der Waals surface area contributed by atoms with Crippen LogP contribution in [0.3, 0.4) is 0 Å². The lowest BCUT2D eigenvalue weighted by molar-refractivity contribution is 0.0691. The van der Waals surface area contributed by atoms with Gasteiger partial charge in [0, 0.05) is 13.6 Å². The summed E-state index contributed by atoms with van der Waals surface area (Å²) in [6, 6.07) is 2.67. The van der Waals surface area contributed by atoms with Gasteiger partial charge >= 0.3 is 5.97 Å². The van der Waals surface area contributed by atoms with Crippen molar-refractivity contribution in [3.05, 3.63) is 41.7 Å². The van der Waals surface area contributed by atoms with Crippen LogP contribution in [0.15, 0.2) is 35.2 Å². The largest absolute Gasteiger partial charge is 0.478 e. The molecule has 0 saturated carbocycles. The number of likely N-dealkylation sites (N-methyl/N-ethyl adjacent to an activating group) is 1. The molecule has 0 aliphatic heterocycles. The second kappa shape index (κ2) is 5.50. The van der Waals surface area contributed by atoms with Crippen molar-refractivity contribution in [3.63, 3.8) is 0 Å². The molecule has 5 nitrogen and oxygen atoms in total. The number of halogens is 1. The molecule has 0 atom stereocenters. The molecule has 0 bridgehead atoms. The summed E-state index contributed by atoms with van der Waals surface area (Å²) < 4.78 is 38.5. The molecule has 0 unspecified atom stereocenters. The highest BCUT2D eigenvalue weighted by Crippen LogP contribution is 2.19. The summed E-state index contributed by atoms with van der Waals surface area (Å²) in [6.07, 6.45) is 0. The van der Waals surface area contributed by atoms with Crippen LogP contribution < -0.4 is 0 Å². The maximum absolute atomic E-state index is 13.2. The number of benzene rings is 1. The number of carboxylic acid groups (broad SMARTS) is 1. The fourth-order valence-corrected chi connectivity index (χ4v) is 2.73. The first-order chi connectivity index (χ1) is 8.66. The summed E-state index contributed by atoms with van der Waals surface area (Å²) >= 11 is 0. The van der Waals surface area contributed by atoms with E-state index in [-0.39, 0.29) is 11.4 Å². The van der Waals surface area contributed by atoms with E-state index in [0.29, 0.717) is 5.57 Å². The molecule has 0 heterocycles. The van der Waals surface area contributed by atoms with E-state index in [1.807, 2.05) is 0 Å². The summed E-state index contributed by atoms with van der Waals surface area (Å²) in [5, 5.41) is 8.78. The third-order valence-corrected chi connectivity index (χ3v) is 4.17. The molecule has 0 aliphatic carbocycles. The SMILES string of the molecule is C=C(C)CN(C)S(=O)(=O)c1ccc(F)c(C(=O)O)c1. The van der Waals surface area contributed by atoms with Gasteiger partial charge in [-0.1, -0.05) is 12.2 Å². The summed E-state index contributed by atoms with van der Waals surface area (Å²) in [4.78, 5) is 10.5. The normalized spacial score (nSPS) is 11.6. The monoisotopic (exact) mass is 287 g/mol. The zero-order chi connectivity index (χ0) is 14.8. The zero-order valence-corrected chi connectivity index (χ0v) is 11.4. The summed E-state index contributed by atoms with van der Waals surface area (Å²) in [6.45, 7) is 5.37. The Bertz CT molecular complexity index is 625. The minimum atomic E-state index is -3.86. The average molecular weight is 287 g/mol. The fourth-order valence-electron chi connectivity index (χ4n) is 1.47. The van der Waals surface area contributed by atoms with Crippen LogP contribution in [0.25, 0.3) is 0 Å². The Morgan fingerprint density at radius 3 is 2.53 bits per heavy atom. The molecule has 0 radical (unpaired) electrons. The highest BCUT2D eigenvalue weighted by Gasteiger charge is 2.23. The predicted molar refractivity (Wildman–Crippen MR) is 68.0 cm³/mol. The van der Waals surface area contributed by atoms with Gasteiger partial charge in [-0.05, 0) is 25.1 Å². The van der Waals surface area contributed by atoms with Crippen molar-refractivity contribution in [1.82, 2.24) is 4.31 Å². The first-order valence-electron chi connectivity index (χ1n) is 5.30. The van der Waals surface area contributed by atoms with Crippen LogP contribution in [0.1, 0.15) is 17.3 Å². The lowest BCUT2D eigenvalue weighted by Crippen LogP contribution is -2.28. The molecule has 0 fully saturated rings. The van der Waals surface area contributed by atoms with E-state index < -0.39 is 27.4 Å². The Hall–Kier alpha value is -1.73. The van der Waals surface area contributed by atoms with E-state index >= 15 is 0 Å². The van der Waals surface area contributed by atoms with Crippen molar-refractivity contribution in [1.29, 1.82) is 0 Å². The molecule has 1 N–H and O–H groups in total. The quantitative estimate of drug-likeness (QED) is 0.837. The molecule has 0 spiro atoms. The first kappa shape index (κ1) is 15.3. The third kappa shape index (κ3) is 3.39. The highest BCUT2D eigenvalue weighted by molar-refractivity contribution is 7.89. The maximum Gasteiger partial charge on any atom is 0.338 e. The van der Waals surface area contributed by atoms with E-state index in [4.69, 9.17) is 5.11 Å². The molecule has 1 rings (SSSR count). The Morgan fingerprint density at radius 1 is 1.47 bits per heavy atom. The van der Waals surface area contributed by atoms with Crippen molar-refractivity contribution in [2.24, 2.45) is 0 Å². The van der Waals surface area contributed by atoms with E-state index in [2.05, 4.69) is 6.58 Å². The van der Waals surface area contributed by atoms with Gasteiger partial charge in [0.05, 0.1) is 10.5 Å². The van der Waals surface area contributed by atoms with Crippen LogP contribution in [0.2, 0.25) is 0 Å². The first-order valence-corrected chi connectivity index (χ1v) is 6.74. The van der Waals surface area contributed by atoms with Gasteiger partial charge in [0.15, 0.2) is 0 Å². The van der Waals surface area contributed by atoms with Crippen LogP contribution in [0, 0.1) is 5.82 Å². The number of hydrogen-bond donors (Lipinski definition) is 1. The maximum atomic E-state index is 13.2. The van der Waals surface area contributed by atoms with Crippen LogP contribution >= 0.6 is 0 Å². The second-order valence-electron chi connectivity index (χ2n) is 4.16. The number of carbonyl (C=O) groups is 1. The minimum absolute atomic E-state index is 0.0993. The Labute approximate surface area is 111 Å². The van der Waals surface area contributed by atoms with Crippen molar-refractivity contribution >= 4 is 16.0 Å². The van der Waals surface area contributed by atoms with Crippen LogP contribution in [0.5, 0.6) is 0 Å². The molecule has 19 heavy (non-hydrogen) atoms. The van der Waals surface area contributed by atoms with Gasteiger partial charge in [-0.3, -0.25) is 0 Å². The lowest BCUT2D eigenvalue weighted by atomic mass is 10.2. The number of aromatic carboxylic acids is 1. The van der Waals surface area contributed by atoms with Crippen LogP contribution in [-0.2, 0) is 10.0 Å². The molecule has 0 saturated heterocycles. The minimum Gasteiger partial charge on any atom is -0.478 e. The predicted octanol–water partition coefficient (Wildman–Crippen LogP) is 1.72. The average Bonchev–Trinajstić information content (AvgIpc) is 2.27. The number of rotatable bonds is 5. The smallest absolute Gasteiger partial charge is 0.338 e. The van der Waals surface area contributed by atoms with Gasteiger partial charge in [0.25, 0.3) is 0 Å². The summed E-state index contributed by atoms with van der Waals surface area (Å²) in [7, 11) is -2.52. The molecule has 0 amide bonds. The summed E-state index contributed by atoms with van der Waals surface area (Å²) in [5.74, 6) is -2.49. The molecular formula is C12H14FNO4S.